The largest absolute Gasteiger partial charge is 0.394 e. The summed E-state index contributed by atoms with van der Waals surface area (Å²) in [6, 6.07) is 9.47. The molecule has 2 aliphatic heterocycles. The van der Waals surface area contributed by atoms with E-state index in [9.17, 15) is 23.1 Å². The molecule has 1 saturated carbocycles. The summed E-state index contributed by atoms with van der Waals surface area (Å²) in [7, 11) is 0. The molecular formula is C21H27F3N2O2. The van der Waals surface area contributed by atoms with Crippen LogP contribution in [0.25, 0.3) is 0 Å². The van der Waals surface area contributed by atoms with Crippen LogP contribution in [0.15, 0.2) is 30.3 Å². The molecule has 0 aromatic heterocycles. The molecule has 1 aliphatic carbocycles. The molecule has 2 saturated heterocycles. The number of rotatable bonds is 5. The van der Waals surface area contributed by atoms with Gasteiger partial charge in [0, 0.05) is 31.5 Å². The molecule has 2 atom stereocenters. The molecule has 3 fully saturated rings. The molecular weight excluding hydrogens is 369 g/mol. The standard InChI is InChI=1S/C21H27F3N2O2/c22-21(23,24)10-11-25-13-20(14-25)18(15-6-2-1-3-7-15)17(12-27)26(20)19(28)16-8-4-5-9-16/h1-3,6-7,16-18,27H,4-5,8-14H2/t17-,18+/m1/s1. The molecule has 4 rings (SSSR count). The molecule has 1 aromatic carbocycles. The molecule has 1 spiro atoms. The normalized spacial score (nSPS) is 27.6. The van der Waals surface area contributed by atoms with Gasteiger partial charge in [0.05, 0.1) is 24.6 Å². The molecule has 0 bridgehead atoms. The van der Waals surface area contributed by atoms with Gasteiger partial charge in [-0.05, 0) is 18.4 Å². The number of benzene rings is 1. The van der Waals surface area contributed by atoms with Crippen molar-refractivity contribution in [1.82, 2.24) is 9.80 Å². The summed E-state index contributed by atoms with van der Waals surface area (Å²) in [4.78, 5) is 16.8. The second-order valence-electron chi connectivity index (χ2n) is 8.51. The molecule has 7 heteroatoms. The van der Waals surface area contributed by atoms with Crippen LogP contribution >= 0.6 is 0 Å². The summed E-state index contributed by atoms with van der Waals surface area (Å²) < 4.78 is 37.8. The Kier molecular flexibility index (Phi) is 5.16. The van der Waals surface area contributed by atoms with Crippen molar-refractivity contribution >= 4 is 5.91 Å². The van der Waals surface area contributed by atoms with Gasteiger partial charge >= 0.3 is 6.18 Å². The van der Waals surface area contributed by atoms with Gasteiger partial charge in [0.1, 0.15) is 0 Å². The highest BCUT2D eigenvalue weighted by Crippen LogP contribution is 2.55. The van der Waals surface area contributed by atoms with Crippen LogP contribution in [0.3, 0.4) is 0 Å². The lowest BCUT2D eigenvalue weighted by Gasteiger charge is -2.71. The van der Waals surface area contributed by atoms with Crippen LogP contribution in [0.2, 0.25) is 0 Å². The van der Waals surface area contributed by atoms with Gasteiger partial charge in [0.15, 0.2) is 0 Å². The number of hydrogen-bond acceptors (Lipinski definition) is 3. The number of carbonyl (C=O) groups is 1. The minimum atomic E-state index is -4.17. The quantitative estimate of drug-likeness (QED) is 0.832. The number of alkyl halides is 3. The highest BCUT2D eigenvalue weighted by atomic mass is 19.4. The highest BCUT2D eigenvalue weighted by Gasteiger charge is 2.67. The van der Waals surface area contributed by atoms with E-state index in [1.807, 2.05) is 35.2 Å². The average Bonchev–Trinajstić information content (AvgIpc) is 3.14. The predicted octanol–water partition coefficient (Wildman–Crippen LogP) is 3.17. The maximum absolute atomic E-state index is 13.2. The third-order valence-corrected chi connectivity index (χ3v) is 6.77. The molecule has 1 amide bonds. The summed E-state index contributed by atoms with van der Waals surface area (Å²) in [5, 5.41) is 10.1. The van der Waals surface area contributed by atoms with Gasteiger partial charge in [-0.1, -0.05) is 43.2 Å². The van der Waals surface area contributed by atoms with Crippen molar-refractivity contribution in [3.8, 4) is 0 Å². The SMILES string of the molecule is O=C(C1CCCC1)N1[C@H](CO)[C@H](c2ccccc2)C12CN(CCC(F)(F)F)C2. The number of amides is 1. The first kappa shape index (κ1) is 19.7. The molecule has 1 aromatic rings. The monoisotopic (exact) mass is 396 g/mol. The molecule has 0 radical (unpaired) electrons. The van der Waals surface area contributed by atoms with Gasteiger partial charge in [-0.3, -0.25) is 9.69 Å². The fourth-order valence-corrected chi connectivity index (χ4v) is 5.56. The zero-order valence-electron chi connectivity index (χ0n) is 15.9. The van der Waals surface area contributed by atoms with Crippen molar-refractivity contribution in [2.24, 2.45) is 5.92 Å². The van der Waals surface area contributed by atoms with E-state index in [1.54, 1.807) is 4.90 Å². The summed E-state index contributed by atoms with van der Waals surface area (Å²) in [6.07, 6.45) is -1.18. The zero-order valence-corrected chi connectivity index (χ0v) is 15.9. The van der Waals surface area contributed by atoms with Crippen LogP contribution in [-0.4, -0.2) is 64.8 Å². The lowest BCUT2D eigenvalue weighted by atomic mass is 9.60. The van der Waals surface area contributed by atoms with E-state index < -0.39 is 18.1 Å². The second kappa shape index (κ2) is 7.34. The van der Waals surface area contributed by atoms with Crippen LogP contribution in [-0.2, 0) is 4.79 Å². The van der Waals surface area contributed by atoms with Gasteiger partial charge in [0.2, 0.25) is 5.91 Å². The van der Waals surface area contributed by atoms with Crippen molar-refractivity contribution < 1.29 is 23.1 Å². The summed E-state index contributed by atoms with van der Waals surface area (Å²) in [5.41, 5.74) is 0.563. The Hall–Kier alpha value is -1.60. The number of nitrogens with zero attached hydrogens (tertiary/aromatic N) is 2. The Bertz CT molecular complexity index is 697. The fourth-order valence-electron chi connectivity index (χ4n) is 5.56. The van der Waals surface area contributed by atoms with Crippen molar-refractivity contribution in [2.75, 3.05) is 26.2 Å². The Morgan fingerprint density at radius 3 is 2.36 bits per heavy atom. The second-order valence-corrected chi connectivity index (χ2v) is 8.51. The van der Waals surface area contributed by atoms with Gasteiger partial charge in [0.25, 0.3) is 0 Å². The first-order chi connectivity index (χ1) is 13.4. The maximum atomic E-state index is 13.2. The molecule has 154 valence electrons. The number of aliphatic hydroxyl groups is 1. The Morgan fingerprint density at radius 2 is 1.79 bits per heavy atom. The summed E-state index contributed by atoms with van der Waals surface area (Å²) >= 11 is 0. The Morgan fingerprint density at radius 1 is 1.14 bits per heavy atom. The molecule has 2 heterocycles. The van der Waals surface area contributed by atoms with Crippen LogP contribution in [0, 0.1) is 5.92 Å². The lowest BCUT2D eigenvalue weighted by molar-refractivity contribution is -0.208. The van der Waals surface area contributed by atoms with Crippen LogP contribution < -0.4 is 0 Å². The number of aliphatic hydroxyl groups excluding tert-OH is 1. The van der Waals surface area contributed by atoms with E-state index in [1.165, 1.54) is 0 Å². The lowest BCUT2D eigenvalue weighted by Crippen LogP contribution is -2.85. The maximum Gasteiger partial charge on any atom is 0.390 e. The summed E-state index contributed by atoms with van der Waals surface area (Å²) in [5.74, 6) is 0.0391. The number of halogens is 3. The minimum Gasteiger partial charge on any atom is -0.394 e. The van der Waals surface area contributed by atoms with Crippen LogP contribution in [0.5, 0.6) is 0 Å². The number of hydrogen-bond donors (Lipinski definition) is 1. The van der Waals surface area contributed by atoms with E-state index >= 15 is 0 Å². The van der Waals surface area contributed by atoms with Crippen LogP contribution in [0.1, 0.15) is 43.6 Å². The Labute approximate surface area is 163 Å². The van der Waals surface area contributed by atoms with Gasteiger partial charge < -0.3 is 10.0 Å². The van der Waals surface area contributed by atoms with E-state index in [0.29, 0.717) is 13.1 Å². The Balaban J connectivity index is 1.56. The minimum absolute atomic E-state index is 0.00752. The smallest absolute Gasteiger partial charge is 0.390 e. The molecule has 28 heavy (non-hydrogen) atoms. The highest BCUT2D eigenvalue weighted by molar-refractivity contribution is 5.82. The van der Waals surface area contributed by atoms with Crippen molar-refractivity contribution in [1.29, 1.82) is 0 Å². The molecule has 4 nitrogen and oxygen atoms in total. The predicted molar refractivity (Wildman–Crippen MR) is 98.7 cm³/mol. The third-order valence-electron chi connectivity index (χ3n) is 6.77. The molecule has 3 aliphatic rings. The summed E-state index contributed by atoms with van der Waals surface area (Å²) in [6.45, 7) is 0.722. The average molecular weight is 396 g/mol. The first-order valence-electron chi connectivity index (χ1n) is 10.1. The van der Waals surface area contributed by atoms with Gasteiger partial charge in [-0.2, -0.15) is 13.2 Å². The number of likely N-dealkylation sites (tertiary alicyclic amines) is 2. The fraction of sp³-hybridized carbons (Fsp3) is 0.667. The van der Waals surface area contributed by atoms with E-state index in [4.69, 9.17) is 0 Å². The van der Waals surface area contributed by atoms with E-state index in [2.05, 4.69) is 0 Å². The third kappa shape index (κ3) is 3.32. The van der Waals surface area contributed by atoms with Crippen molar-refractivity contribution in [3.63, 3.8) is 0 Å². The van der Waals surface area contributed by atoms with Gasteiger partial charge in [-0.25, -0.2) is 0 Å². The van der Waals surface area contributed by atoms with Gasteiger partial charge in [-0.15, -0.1) is 0 Å². The topological polar surface area (TPSA) is 43.8 Å². The van der Waals surface area contributed by atoms with Crippen molar-refractivity contribution in [3.05, 3.63) is 35.9 Å². The van der Waals surface area contributed by atoms with E-state index in [-0.39, 0.29) is 36.9 Å². The van der Waals surface area contributed by atoms with Crippen molar-refractivity contribution in [2.45, 2.75) is 55.8 Å². The van der Waals surface area contributed by atoms with Crippen LogP contribution in [0.4, 0.5) is 13.2 Å². The van der Waals surface area contributed by atoms with E-state index in [0.717, 1.165) is 31.2 Å². The molecule has 1 N–H and O–H groups in total. The first-order valence-corrected chi connectivity index (χ1v) is 10.1. The molecule has 0 unspecified atom stereocenters. The zero-order chi connectivity index (χ0) is 19.9. The number of carbonyl (C=O) groups excluding carboxylic acids is 1.